The second-order valence-electron chi connectivity index (χ2n) is 5.63. The van der Waals surface area contributed by atoms with Crippen molar-refractivity contribution in [1.82, 2.24) is 9.29 Å². The Hall–Kier alpha value is -2.45. The second-order valence-corrected chi connectivity index (χ2v) is 7.39. The van der Waals surface area contributed by atoms with Crippen molar-refractivity contribution < 1.29 is 18.0 Å². The maximum Gasteiger partial charge on any atom is 0.240 e. The standard InChI is InChI=1S/C16H17N3O4S/c1-18-9-8-12(11-18)10-17-24(22,23)14-4-2-13(3-5-14)19-15(20)6-7-16(19)21/h2-5,8-9,11,17H,6-7,10H2,1H3. The largest absolute Gasteiger partial charge is 0.357 e. The Bertz CT molecular complexity index is 868. The van der Waals surface area contributed by atoms with E-state index in [-0.39, 0.29) is 36.1 Å². The van der Waals surface area contributed by atoms with Gasteiger partial charge < -0.3 is 4.57 Å². The van der Waals surface area contributed by atoms with Gasteiger partial charge in [-0.2, -0.15) is 0 Å². The monoisotopic (exact) mass is 347 g/mol. The number of benzene rings is 1. The Balaban J connectivity index is 1.74. The molecule has 0 bridgehead atoms. The van der Waals surface area contributed by atoms with E-state index in [1.165, 1.54) is 24.3 Å². The number of carbonyl (C=O) groups is 2. The molecule has 2 aromatic rings. The number of aromatic nitrogens is 1. The fraction of sp³-hybridized carbons (Fsp3) is 0.250. The molecule has 1 N–H and O–H groups in total. The third-order valence-corrected chi connectivity index (χ3v) is 5.23. The quantitative estimate of drug-likeness (QED) is 0.822. The fourth-order valence-electron chi connectivity index (χ4n) is 2.57. The van der Waals surface area contributed by atoms with Crippen molar-refractivity contribution in [3.05, 3.63) is 48.3 Å². The van der Waals surface area contributed by atoms with E-state index in [2.05, 4.69) is 4.72 Å². The average molecular weight is 347 g/mol. The molecule has 1 aliphatic heterocycles. The molecule has 1 aromatic heterocycles. The molecule has 1 fully saturated rings. The van der Waals surface area contributed by atoms with E-state index in [0.29, 0.717) is 5.69 Å². The number of rotatable bonds is 5. The van der Waals surface area contributed by atoms with Gasteiger partial charge in [0.05, 0.1) is 10.6 Å². The van der Waals surface area contributed by atoms with Crippen LogP contribution in [0.25, 0.3) is 0 Å². The maximum absolute atomic E-state index is 12.3. The lowest BCUT2D eigenvalue weighted by molar-refractivity contribution is -0.121. The van der Waals surface area contributed by atoms with E-state index < -0.39 is 10.0 Å². The normalized spacial score (nSPS) is 15.3. The zero-order valence-electron chi connectivity index (χ0n) is 13.1. The lowest BCUT2D eigenvalue weighted by atomic mass is 10.3. The van der Waals surface area contributed by atoms with Crippen LogP contribution in [0.2, 0.25) is 0 Å². The number of carbonyl (C=O) groups excluding carboxylic acids is 2. The number of amides is 2. The molecular formula is C16H17N3O4S. The Morgan fingerprint density at radius 1 is 1.04 bits per heavy atom. The van der Waals surface area contributed by atoms with Crippen LogP contribution in [0, 0.1) is 0 Å². The zero-order chi connectivity index (χ0) is 17.3. The van der Waals surface area contributed by atoms with Gasteiger partial charge in [-0.25, -0.2) is 13.1 Å². The highest BCUT2D eigenvalue weighted by Gasteiger charge is 2.30. The lowest BCUT2D eigenvalue weighted by Crippen LogP contribution is -2.28. The van der Waals surface area contributed by atoms with Gasteiger partial charge in [0.1, 0.15) is 0 Å². The van der Waals surface area contributed by atoms with Crippen molar-refractivity contribution in [2.24, 2.45) is 7.05 Å². The molecule has 0 aliphatic carbocycles. The molecular weight excluding hydrogens is 330 g/mol. The first kappa shape index (κ1) is 16.4. The molecule has 0 radical (unpaired) electrons. The summed E-state index contributed by atoms with van der Waals surface area (Å²) in [5.41, 5.74) is 1.25. The minimum Gasteiger partial charge on any atom is -0.357 e. The first-order valence-corrected chi connectivity index (χ1v) is 8.91. The molecule has 3 rings (SSSR count). The minimum absolute atomic E-state index is 0.0845. The van der Waals surface area contributed by atoms with Crippen molar-refractivity contribution in [2.45, 2.75) is 24.3 Å². The topological polar surface area (TPSA) is 88.5 Å². The van der Waals surface area contributed by atoms with E-state index >= 15 is 0 Å². The maximum atomic E-state index is 12.3. The predicted molar refractivity (Wildman–Crippen MR) is 87.6 cm³/mol. The number of imide groups is 1. The van der Waals surface area contributed by atoms with Crippen LogP contribution in [-0.4, -0.2) is 24.8 Å². The van der Waals surface area contributed by atoms with E-state index in [9.17, 15) is 18.0 Å². The summed E-state index contributed by atoms with van der Waals surface area (Å²) < 4.78 is 29.0. The average Bonchev–Trinajstić information content (AvgIpc) is 3.11. The number of anilines is 1. The SMILES string of the molecule is Cn1ccc(CNS(=O)(=O)c2ccc(N3C(=O)CCC3=O)cc2)c1. The van der Waals surface area contributed by atoms with E-state index in [1.54, 1.807) is 0 Å². The highest BCUT2D eigenvalue weighted by Crippen LogP contribution is 2.24. The Morgan fingerprint density at radius 2 is 1.67 bits per heavy atom. The van der Waals surface area contributed by atoms with Gasteiger partial charge in [-0.15, -0.1) is 0 Å². The van der Waals surface area contributed by atoms with E-state index in [1.807, 2.05) is 30.1 Å². The molecule has 2 amide bonds. The van der Waals surface area contributed by atoms with Gasteiger partial charge in [0.25, 0.3) is 0 Å². The molecule has 2 heterocycles. The van der Waals surface area contributed by atoms with Gasteiger partial charge in [-0.3, -0.25) is 14.5 Å². The van der Waals surface area contributed by atoms with Crippen molar-refractivity contribution in [3.63, 3.8) is 0 Å². The molecule has 8 heteroatoms. The fourth-order valence-corrected chi connectivity index (χ4v) is 3.58. The van der Waals surface area contributed by atoms with Crippen LogP contribution in [0.4, 0.5) is 5.69 Å². The first-order chi connectivity index (χ1) is 11.4. The smallest absolute Gasteiger partial charge is 0.240 e. The van der Waals surface area contributed by atoms with Crippen molar-refractivity contribution in [3.8, 4) is 0 Å². The third kappa shape index (κ3) is 3.24. The Kier molecular flexibility index (Phi) is 4.25. The summed E-state index contributed by atoms with van der Waals surface area (Å²) in [5, 5.41) is 0. The van der Waals surface area contributed by atoms with E-state index in [4.69, 9.17) is 0 Å². The van der Waals surface area contributed by atoms with Gasteiger partial charge >= 0.3 is 0 Å². The molecule has 7 nitrogen and oxygen atoms in total. The molecule has 24 heavy (non-hydrogen) atoms. The third-order valence-electron chi connectivity index (χ3n) is 3.82. The first-order valence-electron chi connectivity index (χ1n) is 7.43. The second kappa shape index (κ2) is 6.21. The molecule has 0 saturated carbocycles. The molecule has 1 aliphatic rings. The minimum atomic E-state index is -3.66. The summed E-state index contributed by atoms with van der Waals surface area (Å²) in [6.45, 7) is 0.189. The number of hydrogen-bond donors (Lipinski definition) is 1. The van der Waals surface area contributed by atoms with Crippen molar-refractivity contribution >= 4 is 27.5 Å². The molecule has 0 unspecified atom stereocenters. The number of nitrogens with zero attached hydrogens (tertiary/aromatic N) is 2. The molecule has 1 saturated heterocycles. The van der Waals surface area contributed by atoms with Crippen molar-refractivity contribution in [2.75, 3.05) is 4.90 Å². The highest BCUT2D eigenvalue weighted by molar-refractivity contribution is 7.89. The zero-order valence-corrected chi connectivity index (χ0v) is 13.9. The van der Waals surface area contributed by atoms with Crippen LogP contribution in [0.15, 0.2) is 47.6 Å². The summed E-state index contributed by atoms with van der Waals surface area (Å²) in [4.78, 5) is 24.6. The van der Waals surface area contributed by atoms with Crippen LogP contribution in [0.5, 0.6) is 0 Å². The summed E-state index contributed by atoms with van der Waals surface area (Å²) in [5.74, 6) is -0.532. The van der Waals surface area contributed by atoms with Crippen LogP contribution < -0.4 is 9.62 Å². The highest BCUT2D eigenvalue weighted by atomic mass is 32.2. The van der Waals surface area contributed by atoms with Gasteiger partial charge in [0.15, 0.2) is 0 Å². The number of hydrogen-bond acceptors (Lipinski definition) is 4. The Labute approximate surface area is 139 Å². The number of sulfonamides is 1. The summed E-state index contributed by atoms with van der Waals surface area (Å²) in [6, 6.07) is 7.55. The lowest BCUT2D eigenvalue weighted by Gasteiger charge is -2.14. The van der Waals surface area contributed by atoms with Crippen molar-refractivity contribution in [1.29, 1.82) is 0 Å². The molecule has 1 aromatic carbocycles. The molecule has 126 valence electrons. The van der Waals surface area contributed by atoms with Gasteiger partial charge in [0.2, 0.25) is 21.8 Å². The number of aryl methyl sites for hydroxylation is 1. The van der Waals surface area contributed by atoms with Gasteiger partial charge in [-0.05, 0) is 35.9 Å². The Morgan fingerprint density at radius 3 is 2.21 bits per heavy atom. The summed E-state index contributed by atoms with van der Waals surface area (Å²) in [6.07, 6.45) is 4.05. The van der Waals surface area contributed by atoms with E-state index in [0.717, 1.165) is 10.5 Å². The summed E-state index contributed by atoms with van der Waals surface area (Å²) >= 11 is 0. The van der Waals surface area contributed by atoms with Gasteiger partial charge in [-0.1, -0.05) is 0 Å². The van der Waals surface area contributed by atoms with Crippen LogP contribution in [-0.2, 0) is 33.2 Å². The summed E-state index contributed by atoms with van der Waals surface area (Å²) in [7, 11) is -1.81. The molecule has 0 spiro atoms. The van der Waals surface area contributed by atoms with Crippen LogP contribution >= 0.6 is 0 Å². The van der Waals surface area contributed by atoms with Crippen LogP contribution in [0.1, 0.15) is 18.4 Å². The predicted octanol–water partition coefficient (Wildman–Crippen LogP) is 1.16. The van der Waals surface area contributed by atoms with Gasteiger partial charge in [0, 0.05) is 38.8 Å². The number of nitrogens with one attached hydrogen (secondary N) is 1. The molecule has 0 atom stereocenters. The van der Waals surface area contributed by atoms with Crippen LogP contribution in [0.3, 0.4) is 0 Å².